The van der Waals surface area contributed by atoms with E-state index in [4.69, 9.17) is 0 Å². The lowest BCUT2D eigenvalue weighted by atomic mass is 10.2. The molecule has 3 aromatic heterocycles. The second-order valence-corrected chi connectivity index (χ2v) is 5.86. The van der Waals surface area contributed by atoms with Gasteiger partial charge in [-0.1, -0.05) is 6.07 Å². The van der Waals surface area contributed by atoms with Gasteiger partial charge in [0.15, 0.2) is 5.65 Å². The number of nitrogens with one attached hydrogen (secondary N) is 1. The fraction of sp³-hybridized carbons (Fsp3) is 0.312. The molecule has 0 aromatic carbocycles. The van der Waals surface area contributed by atoms with Crippen molar-refractivity contribution in [3.05, 3.63) is 48.5 Å². The highest BCUT2D eigenvalue weighted by molar-refractivity contribution is 5.78. The normalized spacial score (nSPS) is 17.3. The van der Waals surface area contributed by atoms with Crippen molar-refractivity contribution in [3.8, 4) is 0 Å². The molecule has 1 saturated heterocycles. The molecule has 0 bridgehead atoms. The Morgan fingerprint density at radius 1 is 1.33 bits per heavy atom. The summed E-state index contributed by atoms with van der Waals surface area (Å²) in [5.41, 5.74) is 1.64. The highest BCUT2D eigenvalue weighted by Crippen LogP contribution is 2.18. The summed E-state index contributed by atoms with van der Waals surface area (Å²) in [5.74, 6) is 0.892. The summed E-state index contributed by atoms with van der Waals surface area (Å²) in [6, 6.07) is 7.71. The smallest absolute Gasteiger partial charge is 0.224 e. The molecule has 1 N–H and O–H groups in total. The van der Waals surface area contributed by atoms with Gasteiger partial charge in [-0.25, -0.2) is 0 Å². The summed E-state index contributed by atoms with van der Waals surface area (Å²) in [6.45, 7) is 1.61. The van der Waals surface area contributed by atoms with Crippen LogP contribution in [0.5, 0.6) is 0 Å². The Morgan fingerprint density at radius 3 is 3.17 bits per heavy atom. The van der Waals surface area contributed by atoms with E-state index >= 15 is 0 Å². The van der Waals surface area contributed by atoms with Crippen molar-refractivity contribution >= 4 is 17.4 Å². The number of pyridine rings is 1. The number of nitrogens with zero attached hydrogens (tertiary/aromatic N) is 6. The summed E-state index contributed by atoms with van der Waals surface area (Å²) in [5, 5.41) is 15.4. The van der Waals surface area contributed by atoms with E-state index in [0.717, 1.165) is 36.5 Å². The van der Waals surface area contributed by atoms with Gasteiger partial charge in [-0.2, -0.15) is 4.52 Å². The first kappa shape index (κ1) is 14.6. The molecular formula is C16H17N7O. The van der Waals surface area contributed by atoms with Crippen LogP contribution < -0.4 is 10.2 Å². The predicted octanol–water partition coefficient (Wildman–Crippen LogP) is 0.457. The van der Waals surface area contributed by atoms with E-state index in [-0.39, 0.29) is 11.9 Å². The van der Waals surface area contributed by atoms with E-state index in [9.17, 15) is 4.79 Å². The van der Waals surface area contributed by atoms with Crippen LogP contribution in [0.15, 0.2) is 43.0 Å². The highest BCUT2D eigenvalue weighted by atomic mass is 16.1. The second-order valence-electron chi connectivity index (χ2n) is 5.86. The molecule has 3 aromatic rings. The average Bonchev–Trinajstić information content (AvgIpc) is 3.24. The number of fused-ring (bicyclic) bond motifs is 1. The molecule has 1 aliphatic heterocycles. The Morgan fingerprint density at radius 2 is 2.29 bits per heavy atom. The number of aromatic nitrogens is 5. The van der Waals surface area contributed by atoms with E-state index < -0.39 is 0 Å². The largest absolute Gasteiger partial charge is 0.353 e. The lowest BCUT2D eigenvalue weighted by molar-refractivity contribution is -0.121. The molecule has 4 heterocycles. The van der Waals surface area contributed by atoms with E-state index in [1.165, 1.54) is 0 Å². The number of hydrogen-bond donors (Lipinski definition) is 1. The first-order chi connectivity index (χ1) is 11.8. The van der Waals surface area contributed by atoms with Gasteiger partial charge >= 0.3 is 0 Å². The van der Waals surface area contributed by atoms with E-state index in [1.54, 1.807) is 23.2 Å². The van der Waals surface area contributed by atoms with Gasteiger partial charge in [-0.15, -0.1) is 15.3 Å². The minimum atomic E-state index is 0.0251. The van der Waals surface area contributed by atoms with Gasteiger partial charge in [0, 0.05) is 31.5 Å². The third-order valence-electron chi connectivity index (χ3n) is 4.11. The van der Waals surface area contributed by atoms with Crippen LogP contribution in [0.25, 0.3) is 5.65 Å². The van der Waals surface area contributed by atoms with E-state index in [1.807, 2.05) is 24.3 Å². The molecule has 24 heavy (non-hydrogen) atoms. The molecular weight excluding hydrogens is 306 g/mol. The maximum atomic E-state index is 12.2. The van der Waals surface area contributed by atoms with Gasteiger partial charge in [0.2, 0.25) is 5.91 Å². The van der Waals surface area contributed by atoms with Crippen molar-refractivity contribution in [2.75, 3.05) is 18.0 Å². The Bertz CT molecular complexity index is 848. The van der Waals surface area contributed by atoms with Gasteiger partial charge < -0.3 is 10.2 Å². The lowest BCUT2D eigenvalue weighted by Gasteiger charge is -2.17. The van der Waals surface area contributed by atoms with Crippen molar-refractivity contribution in [3.63, 3.8) is 0 Å². The SMILES string of the molecule is O=C(Cc1cccnc1)N[C@@H]1CCN(c2ccc3nncn3n2)C1. The van der Waals surface area contributed by atoms with Gasteiger partial charge in [0.25, 0.3) is 0 Å². The zero-order valence-electron chi connectivity index (χ0n) is 13.0. The molecule has 1 amide bonds. The van der Waals surface area contributed by atoms with E-state index in [0.29, 0.717) is 6.42 Å². The molecule has 4 rings (SSSR count). The predicted molar refractivity (Wildman–Crippen MR) is 87.5 cm³/mol. The maximum absolute atomic E-state index is 12.2. The Labute approximate surface area is 138 Å². The molecule has 0 radical (unpaired) electrons. The molecule has 8 nitrogen and oxygen atoms in total. The van der Waals surface area contributed by atoms with Crippen LogP contribution in [-0.4, -0.2) is 49.8 Å². The summed E-state index contributed by atoms with van der Waals surface area (Å²) in [6.07, 6.45) is 6.27. The standard InChI is InChI=1S/C16H17N7O/c24-16(8-12-2-1-6-17-9-12)19-13-5-7-22(10-13)15-4-3-14-20-18-11-23(14)21-15/h1-4,6,9,11,13H,5,7-8,10H2,(H,19,24)/t13-/m1/s1. The van der Waals surface area contributed by atoms with Crippen LogP contribution in [0.4, 0.5) is 5.82 Å². The van der Waals surface area contributed by atoms with Crippen LogP contribution in [0.2, 0.25) is 0 Å². The first-order valence-corrected chi connectivity index (χ1v) is 7.88. The van der Waals surface area contributed by atoms with Crippen molar-refractivity contribution in [2.45, 2.75) is 18.9 Å². The van der Waals surface area contributed by atoms with Crippen LogP contribution in [0.1, 0.15) is 12.0 Å². The zero-order valence-corrected chi connectivity index (χ0v) is 13.0. The molecule has 0 saturated carbocycles. The Hall–Kier alpha value is -3.03. The topological polar surface area (TPSA) is 88.3 Å². The number of carbonyl (C=O) groups excluding carboxylic acids is 1. The quantitative estimate of drug-likeness (QED) is 0.750. The van der Waals surface area contributed by atoms with Crippen molar-refractivity contribution in [1.82, 2.24) is 30.1 Å². The fourth-order valence-corrected chi connectivity index (χ4v) is 2.94. The molecule has 1 aliphatic rings. The molecule has 0 aliphatic carbocycles. The summed E-state index contributed by atoms with van der Waals surface area (Å²) < 4.78 is 1.66. The first-order valence-electron chi connectivity index (χ1n) is 7.88. The Kier molecular flexibility index (Phi) is 3.78. The minimum Gasteiger partial charge on any atom is -0.353 e. The van der Waals surface area contributed by atoms with Crippen LogP contribution in [0.3, 0.4) is 0 Å². The average molecular weight is 323 g/mol. The minimum absolute atomic E-state index is 0.0251. The lowest BCUT2D eigenvalue weighted by Crippen LogP contribution is -2.38. The number of hydrogen-bond acceptors (Lipinski definition) is 6. The third-order valence-corrected chi connectivity index (χ3v) is 4.11. The van der Waals surface area contributed by atoms with Crippen LogP contribution in [0, 0.1) is 0 Å². The van der Waals surface area contributed by atoms with Gasteiger partial charge in [0.05, 0.1) is 6.42 Å². The molecule has 1 atom stereocenters. The second kappa shape index (κ2) is 6.23. The highest BCUT2D eigenvalue weighted by Gasteiger charge is 2.25. The van der Waals surface area contributed by atoms with Crippen LogP contribution >= 0.6 is 0 Å². The maximum Gasteiger partial charge on any atom is 0.224 e. The monoisotopic (exact) mass is 323 g/mol. The molecule has 0 spiro atoms. The van der Waals surface area contributed by atoms with Gasteiger partial charge in [-0.3, -0.25) is 9.78 Å². The van der Waals surface area contributed by atoms with Gasteiger partial charge in [0.1, 0.15) is 12.1 Å². The van der Waals surface area contributed by atoms with Gasteiger partial charge in [-0.05, 0) is 30.2 Å². The van der Waals surface area contributed by atoms with Crippen molar-refractivity contribution < 1.29 is 4.79 Å². The zero-order chi connectivity index (χ0) is 16.4. The summed E-state index contributed by atoms with van der Waals surface area (Å²) in [7, 11) is 0. The van der Waals surface area contributed by atoms with E-state index in [2.05, 4.69) is 30.5 Å². The third kappa shape index (κ3) is 3.03. The van der Waals surface area contributed by atoms with Crippen molar-refractivity contribution in [1.29, 1.82) is 0 Å². The van der Waals surface area contributed by atoms with Crippen LogP contribution in [-0.2, 0) is 11.2 Å². The number of rotatable bonds is 4. The number of anilines is 1. The molecule has 122 valence electrons. The summed E-state index contributed by atoms with van der Waals surface area (Å²) >= 11 is 0. The molecule has 1 fully saturated rings. The number of carbonyl (C=O) groups is 1. The Balaban J connectivity index is 1.36. The molecule has 0 unspecified atom stereocenters. The molecule has 8 heteroatoms. The fourth-order valence-electron chi connectivity index (χ4n) is 2.94. The number of amides is 1. The summed E-state index contributed by atoms with van der Waals surface area (Å²) in [4.78, 5) is 18.4. The van der Waals surface area contributed by atoms with Crippen molar-refractivity contribution in [2.24, 2.45) is 0 Å².